The SMILES string of the molecule is CCC(C)N1CCN(c2ccc(CN)nc2)CC1. The molecule has 4 heteroatoms. The van der Waals surface area contributed by atoms with Crippen LogP contribution in [0.25, 0.3) is 0 Å². The van der Waals surface area contributed by atoms with Crippen LogP contribution in [0.3, 0.4) is 0 Å². The largest absolute Gasteiger partial charge is 0.368 e. The Morgan fingerprint density at radius 1 is 1.28 bits per heavy atom. The summed E-state index contributed by atoms with van der Waals surface area (Å²) in [5.74, 6) is 0. The van der Waals surface area contributed by atoms with E-state index in [1.165, 1.54) is 12.1 Å². The molecular weight excluding hydrogens is 224 g/mol. The topological polar surface area (TPSA) is 45.4 Å². The smallest absolute Gasteiger partial charge is 0.0553 e. The highest BCUT2D eigenvalue weighted by Crippen LogP contribution is 2.17. The summed E-state index contributed by atoms with van der Waals surface area (Å²) in [6.45, 7) is 9.56. The van der Waals surface area contributed by atoms with Crippen LogP contribution in [0, 0.1) is 0 Å². The van der Waals surface area contributed by atoms with E-state index in [1.54, 1.807) is 0 Å². The minimum Gasteiger partial charge on any atom is -0.368 e. The second kappa shape index (κ2) is 6.16. The fraction of sp³-hybridized carbons (Fsp3) is 0.643. The third kappa shape index (κ3) is 3.00. The number of anilines is 1. The second-order valence-corrected chi connectivity index (χ2v) is 4.99. The maximum atomic E-state index is 5.56. The van der Waals surface area contributed by atoms with Crippen LogP contribution >= 0.6 is 0 Å². The number of pyridine rings is 1. The second-order valence-electron chi connectivity index (χ2n) is 4.99. The molecule has 1 aliphatic rings. The molecule has 2 rings (SSSR count). The molecule has 0 spiro atoms. The molecular formula is C14H24N4. The Labute approximate surface area is 110 Å². The van der Waals surface area contributed by atoms with Gasteiger partial charge in [-0.05, 0) is 25.5 Å². The molecule has 2 N–H and O–H groups in total. The maximum Gasteiger partial charge on any atom is 0.0553 e. The molecule has 1 aromatic heterocycles. The van der Waals surface area contributed by atoms with Gasteiger partial charge < -0.3 is 10.6 Å². The Morgan fingerprint density at radius 2 is 2.00 bits per heavy atom. The zero-order chi connectivity index (χ0) is 13.0. The van der Waals surface area contributed by atoms with Crippen molar-refractivity contribution in [1.82, 2.24) is 9.88 Å². The molecule has 100 valence electrons. The summed E-state index contributed by atoms with van der Waals surface area (Å²) in [6, 6.07) is 4.86. The number of nitrogens with two attached hydrogens (primary N) is 1. The predicted octanol–water partition coefficient (Wildman–Crippen LogP) is 1.46. The summed E-state index contributed by atoms with van der Waals surface area (Å²) in [5, 5.41) is 0. The highest BCUT2D eigenvalue weighted by atomic mass is 15.3. The number of hydrogen-bond acceptors (Lipinski definition) is 4. The van der Waals surface area contributed by atoms with Gasteiger partial charge in [0.2, 0.25) is 0 Å². The van der Waals surface area contributed by atoms with Crippen molar-refractivity contribution in [2.45, 2.75) is 32.9 Å². The maximum absolute atomic E-state index is 5.56. The number of aromatic nitrogens is 1. The van der Waals surface area contributed by atoms with Gasteiger partial charge in [-0.25, -0.2) is 0 Å². The third-order valence-corrected chi connectivity index (χ3v) is 3.91. The van der Waals surface area contributed by atoms with Gasteiger partial charge in [-0.1, -0.05) is 6.92 Å². The van der Waals surface area contributed by atoms with E-state index in [4.69, 9.17) is 5.73 Å². The Bertz CT molecular complexity index is 355. The first-order valence-corrected chi connectivity index (χ1v) is 6.88. The van der Waals surface area contributed by atoms with Crippen LogP contribution in [0.2, 0.25) is 0 Å². The zero-order valence-corrected chi connectivity index (χ0v) is 11.5. The van der Waals surface area contributed by atoms with E-state index >= 15 is 0 Å². The standard InChI is InChI=1S/C14H24N4/c1-3-12(2)17-6-8-18(9-7-17)14-5-4-13(10-15)16-11-14/h4-5,11-12H,3,6-10,15H2,1-2H3. The van der Waals surface area contributed by atoms with Crippen molar-refractivity contribution in [1.29, 1.82) is 0 Å². The van der Waals surface area contributed by atoms with Crippen LogP contribution in [0.15, 0.2) is 18.3 Å². The van der Waals surface area contributed by atoms with E-state index in [0.717, 1.165) is 31.9 Å². The molecule has 0 bridgehead atoms. The highest BCUT2D eigenvalue weighted by molar-refractivity contribution is 5.45. The summed E-state index contributed by atoms with van der Waals surface area (Å²) >= 11 is 0. The number of hydrogen-bond donors (Lipinski definition) is 1. The van der Waals surface area contributed by atoms with E-state index < -0.39 is 0 Å². The molecule has 1 aliphatic heterocycles. The van der Waals surface area contributed by atoms with Gasteiger partial charge in [0.05, 0.1) is 17.6 Å². The highest BCUT2D eigenvalue weighted by Gasteiger charge is 2.20. The van der Waals surface area contributed by atoms with Crippen molar-refractivity contribution in [2.24, 2.45) is 5.73 Å². The fourth-order valence-electron chi connectivity index (χ4n) is 2.40. The summed E-state index contributed by atoms with van der Waals surface area (Å²) in [7, 11) is 0. The van der Waals surface area contributed by atoms with Crippen LogP contribution in [-0.2, 0) is 6.54 Å². The first-order chi connectivity index (χ1) is 8.74. The summed E-state index contributed by atoms with van der Waals surface area (Å²) < 4.78 is 0. The summed E-state index contributed by atoms with van der Waals surface area (Å²) in [4.78, 5) is 9.34. The molecule has 18 heavy (non-hydrogen) atoms. The van der Waals surface area contributed by atoms with Gasteiger partial charge in [-0.15, -0.1) is 0 Å². The van der Waals surface area contributed by atoms with Gasteiger partial charge >= 0.3 is 0 Å². The van der Waals surface area contributed by atoms with Crippen LogP contribution in [-0.4, -0.2) is 42.1 Å². The first-order valence-electron chi connectivity index (χ1n) is 6.88. The summed E-state index contributed by atoms with van der Waals surface area (Å²) in [6.07, 6.45) is 3.17. The lowest BCUT2D eigenvalue weighted by Crippen LogP contribution is -2.49. The molecule has 0 radical (unpaired) electrons. The molecule has 2 heterocycles. The van der Waals surface area contributed by atoms with Crippen molar-refractivity contribution < 1.29 is 0 Å². The average molecular weight is 248 g/mol. The summed E-state index contributed by atoms with van der Waals surface area (Å²) in [5.41, 5.74) is 7.74. The number of piperazine rings is 1. The molecule has 1 aromatic rings. The van der Waals surface area contributed by atoms with E-state index in [2.05, 4.69) is 34.7 Å². The van der Waals surface area contributed by atoms with Crippen LogP contribution in [0.4, 0.5) is 5.69 Å². The Balaban J connectivity index is 1.92. The monoisotopic (exact) mass is 248 g/mol. The molecule has 0 saturated carbocycles. The number of nitrogens with zero attached hydrogens (tertiary/aromatic N) is 3. The lowest BCUT2D eigenvalue weighted by atomic mass is 10.2. The molecule has 0 aromatic carbocycles. The van der Waals surface area contributed by atoms with E-state index in [9.17, 15) is 0 Å². The minimum atomic E-state index is 0.516. The third-order valence-electron chi connectivity index (χ3n) is 3.91. The molecule has 1 saturated heterocycles. The van der Waals surface area contributed by atoms with Gasteiger partial charge in [0, 0.05) is 38.8 Å². The zero-order valence-electron chi connectivity index (χ0n) is 11.5. The van der Waals surface area contributed by atoms with Gasteiger partial charge in [0.1, 0.15) is 0 Å². The number of rotatable bonds is 4. The van der Waals surface area contributed by atoms with Crippen molar-refractivity contribution in [3.8, 4) is 0 Å². The molecule has 1 fully saturated rings. The predicted molar refractivity (Wildman–Crippen MR) is 75.7 cm³/mol. The molecule has 0 aliphatic carbocycles. The quantitative estimate of drug-likeness (QED) is 0.876. The Hall–Kier alpha value is -1.13. The van der Waals surface area contributed by atoms with E-state index in [-0.39, 0.29) is 0 Å². The first kappa shape index (κ1) is 13.3. The van der Waals surface area contributed by atoms with Gasteiger partial charge in [0.15, 0.2) is 0 Å². The minimum absolute atomic E-state index is 0.516. The molecule has 0 amide bonds. The van der Waals surface area contributed by atoms with Crippen molar-refractivity contribution >= 4 is 5.69 Å². The van der Waals surface area contributed by atoms with Crippen LogP contribution < -0.4 is 10.6 Å². The average Bonchev–Trinajstić information content (AvgIpc) is 2.47. The normalized spacial score (nSPS) is 18.9. The molecule has 1 atom stereocenters. The van der Waals surface area contributed by atoms with Crippen molar-refractivity contribution in [3.05, 3.63) is 24.0 Å². The van der Waals surface area contributed by atoms with Crippen molar-refractivity contribution in [3.63, 3.8) is 0 Å². The van der Waals surface area contributed by atoms with Crippen molar-refractivity contribution in [2.75, 3.05) is 31.1 Å². The van der Waals surface area contributed by atoms with Gasteiger partial charge in [0.25, 0.3) is 0 Å². The Morgan fingerprint density at radius 3 is 2.50 bits per heavy atom. The van der Waals surface area contributed by atoms with Crippen LogP contribution in [0.1, 0.15) is 26.0 Å². The van der Waals surface area contributed by atoms with E-state index in [0.29, 0.717) is 12.6 Å². The lowest BCUT2D eigenvalue weighted by molar-refractivity contribution is 0.193. The van der Waals surface area contributed by atoms with Gasteiger partial charge in [-0.3, -0.25) is 9.88 Å². The fourth-order valence-corrected chi connectivity index (χ4v) is 2.40. The Kier molecular flexibility index (Phi) is 4.55. The molecule has 1 unspecified atom stereocenters. The molecule has 4 nitrogen and oxygen atoms in total. The lowest BCUT2D eigenvalue weighted by Gasteiger charge is -2.38. The van der Waals surface area contributed by atoms with E-state index in [1.807, 2.05) is 12.3 Å². The van der Waals surface area contributed by atoms with Gasteiger partial charge in [-0.2, -0.15) is 0 Å². The van der Waals surface area contributed by atoms with Crippen LogP contribution in [0.5, 0.6) is 0 Å².